The minimum atomic E-state index is -2.98. The van der Waals surface area contributed by atoms with E-state index >= 15 is 0 Å². The number of aryl methyl sites for hydroxylation is 1. The fourth-order valence-electron chi connectivity index (χ4n) is 2.13. The van der Waals surface area contributed by atoms with Gasteiger partial charge in [0.1, 0.15) is 5.75 Å². The Bertz CT molecular complexity index is 643. The zero-order chi connectivity index (χ0) is 16.1. The van der Waals surface area contributed by atoms with E-state index in [1.807, 2.05) is 6.92 Å². The molecule has 0 aliphatic carbocycles. The Morgan fingerprint density at radius 1 is 1.41 bits per heavy atom. The van der Waals surface area contributed by atoms with Gasteiger partial charge in [-0.1, -0.05) is 19.1 Å². The normalized spacial score (nSPS) is 12.2. The number of rotatable bonds is 6. The Kier molecular flexibility index (Phi) is 5.08. The second-order valence-corrected chi connectivity index (χ2v) is 4.76. The molecule has 0 fully saturated rings. The Labute approximate surface area is 126 Å². The molecular weight excluding hydrogens is 292 g/mol. The van der Waals surface area contributed by atoms with Crippen molar-refractivity contribution in [1.82, 2.24) is 15.1 Å². The van der Waals surface area contributed by atoms with Crippen molar-refractivity contribution in [2.24, 2.45) is 7.05 Å². The number of aromatic nitrogens is 2. The summed E-state index contributed by atoms with van der Waals surface area (Å²) in [5.74, 6) is -0.608. The summed E-state index contributed by atoms with van der Waals surface area (Å²) in [6.07, 6.45) is 4.11. The van der Waals surface area contributed by atoms with E-state index in [4.69, 9.17) is 0 Å². The minimum absolute atomic E-state index is 0.0742. The molecule has 1 heterocycles. The molecule has 0 aliphatic heterocycles. The van der Waals surface area contributed by atoms with Gasteiger partial charge in [-0.3, -0.25) is 9.48 Å². The maximum absolute atomic E-state index is 12.4. The third kappa shape index (κ3) is 3.81. The van der Waals surface area contributed by atoms with E-state index in [2.05, 4.69) is 15.2 Å². The molecule has 5 nitrogen and oxygen atoms in total. The third-order valence-corrected chi connectivity index (χ3v) is 3.19. The molecule has 0 spiro atoms. The maximum Gasteiger partial charge on any atom is 0.387 e. The van der Waals surface area contributed by atoms with Crippen molar-refractivity contribution in [3.8, 4) is 5.75 Å². The number of nitrogens with one attached hydrogen (secondary N) is 1. The van der Waals surface area contributed by atoms with Crippen LogP contribution in [0, 0.1) is 0 Å². The van der Waals surface area contributed by atoms with Gasteiger partial charge in [-0.25, -0.2) is 0 Å². The quantitative estimate of drug-likeness (QED) is 0.892. The van der Waals surface area contributed by atoms with Crippen molar-refractivity contribution in [3.05, 3.63) is 47.8 Å². The van der Waals surface area contributed by atoms with Gasteiger partial charge in [0.05, 0.1) is 17.8 Å². The largest absolute Gasteiger partial charge is 0.434 e. The first-order valence-electron chi connectivity index (χ1n) is 6.84. The molecule has 1 N–H and O–H groups in total. The molecule has 22 heavy (non-hydrogen) atoms. The number of hydrogen-bond donors (Lipinski definition) is 1. The second-order valence-electron chi connectivity index (χ2n) is 4.76. The summed E-state index contributed by atoms with van der Waals surface area (Å²) in [5.41, 5.74) is 0.927. The van der Waals surface area contributed by atoms with E-state index in [-0.39, 0.29) is 17.4 Å². The van der Waals surface area contributed by atoms with Gasteiger partial charge >= 0.3 is 6.61 Å². The monoisotopic (exact) mass is 309 g/mol. The van der Waals surface area contributed by atoms with Crippen LogP contribution in [0.4, 0.5) is 8.78 Å². The first-order valence-corrected chi connectivity index (χ1v) is 6.84. The third-order valence-electron chi connectivity index (χ3n) is 3.19. The number of benzene rings is 1. The number of hydrogen-bond acceptors (Lipinski definition) is 3. The zero-order valence-corrected chi connectivity index (χ0v) is 12.3. The van der Waals surface area contributed by atoms with Crippen LogP contribution in [0.25, 0.3) is 0 Å². The summed E-state index contributed by atoms with van der Waals surface area (Å²) in [6.45, 7) is -1.06. The van der Waals surface area contributed by atoms with E-state index in [9.17, 15) is 13.6 Å². The Balaban J connectivity index is 2.17. The van der Waals surface area contributed by atoms with E-state index in [1.165, 1.54) is 18.2 Å². The lowest BCUT2D eigenvalue weighted by molar-refractivity contribution is -0.0501. The number of alkyl halides is 2. The smallest absolute Gasteiger partial charge is 0.387 e. The molecule has 118 valence electrons. The zero-order valence-electron chi connectivity index (χ0n) is 12.3. The highest BCUT2D eigenvalue weighted by Gasteiger charge is 2.19. The van der Waals surface area contributed by atoms with Gasteiger partial charge < -0.3 is 10.1 Å². The van der Waals surface area contributed by atoms with Crippen LogP contribution in [0.2, 0.25) is 0 Å². The number of carbonyl (C=O) groups excluding carboxylic acids is 1. The molecule has 1 aromatic carbocycles. The average molecular weight is 309 g/mol. The van der Waals surface area contributed by atoms with Gasteiger partial charge in [-0.2, -0.15) is 13.9 Å². The van der Waals surface area contributed by atoms with Crippen molar-refractivity contribution < 1.29 is 18.3 Å². The predicted octanol–water partition coefficient (Wildman–Crippen LogP) is 2.90. The van der Waals surface area contributed by atoms with Gasteiger partial charge in [0, 0.05) is 18.8 Å². The number of ether oxygens (including phenoxy) is 1. The number of halogens is 2. The Morgan fingerprint density at radius 3 is 2.73 bits per heavy atom. The van der Waals surface area contributed by atoms with Crippen LogP contribution in [-0.4, -0.2) is 22.3 Å². The van der Waals surface area contributed by atoms with Crippen LogP contribution in [0.15, 0.2) is 36.7 Å². The summed E-state index contributed by atoms with van der Waals surface area (Å²) < 4.78 is 30.8. The van der Waals surface area contributed by atoms with E-state index in [0.29, 0.717) is 6.42 Å². The summed E-state index contributed by atoms with van der Waals surface area (Å²) in [5, 5.41) is 6.87. The highest BCUT2D eigenvalue weighted by Crippen LogP contribution is 2.22. The molecule has 7 heteroatoms. The van der Waals surface area contributed by atoms with Crippen molar-refractivity contribution >= 4 is 5.91 Å². The number of amides is 1. The summed E-state index contributed by atoms with van der Waals surface area (Å²) >= 11 is 0. The van der Waals surface area contributed by atoms with Crippen LogP contribution in [0.3, 0.4) is 0 Å². The standard InChI is InChI=1S/C15H17F2N3O2/c1-3-12(10-8-18-20(2)9-10)19-14(21)11-6-4-5-7-13(11)22-15(16)17/h4-9,12,15H,3H2,1-2H3,(H,19,21)/t12-/m0/s1. The Morgan fingerprint density at radius 2 is 2.14 bits per heavy atom. The first-order chi connectivity index (χ1) is 10.5. The van der Waals surface area contributed by atoms with Crippen molar-refractivity contribution in [2.45, 2.75) is 26.0 Å². The molecule has 1 atom stereocenters. The van der Waals surface area contributed by atoms with Crippen LogP contribution < -0.4 is 10.1 Å². The summed E-state index contributed by atoms with van der Waals surface area (Å²) in [7, 11) is 1.78. The van der Waals surface area contributed by atoms with Gasteiger partial charge in [-0.15, -0.1) is 0 Å². The SMILES string of the molecule is CC[C@H](NC(=O)c1ccccc1OC(F)F)c1cnn(C)c1. The molecule has 0 unspecified atom stereocenters. The van der Waals surface area contributed by atoms with Gasteiger partial charge in [0.2, 0.25) is 0 Å². The van der Waals surface area contributed by atoms with E-state index < -0.39 is 12.5 Å². The fourth-order valence-corrected chi connectivity index (χ4v) is 2.13. The molecule has 0 bridgehead atoms. The molecule has 1 amide bonds. The minimum Gasteiger partial charge on any atom is -0.434 e. The van der Waals surface area contributed by atoms with E-state index in [0.717, 1.165) is 5.56 Å². The maximum atomic E-state index is 12.4. The van der Waals surface area contributed by atoms with Gasteiger partial charge in [0.15, 0.2) is 0 Å². The lowest BCUT2D eigenvalue weighted by atomic mass is 10.1. The fraction of sp³-hybridized carbons (Fsp3) is 0.333. The highest BCUT2D eigenvalue weighted by atomic mass is 19.3. The van der Waals surface area contributed by atoms with Crippen LogP contribution in [0.1, 0.15) is 35.3 Å². The van der Waals surface area contributed by atoms with E-state index in [1.54, 1.807) is 30.2 Å². The summed E-state index contributed by atoms with van der Waals surface area (Å²) in [4.78, 5) is 12.3. The molecule has 2 rings (SSSR count). The molecule has 0 radical (unpaired) electrons. The molecular formula is C15H17F2N3O2. The van der Waals surface area contributed by atoms with Crippen molar-refractivity contribution in [1.29, 1.82) is 0 Å². The first kappa shape index (κ1) is 15.9. The molecule has 2 aromatic rings. The molecule has 0 saturated heterocycles. The lowest BCUT2D eigenvalue weighted by Gasteiger charge is -2.17. The Hall–Kier alpha value is -2.44. The predicted molar refractivity (Wildman–Crippen MR) is 76.8 cm³/mol. The van der Waals surface area contributed by atoms with Gasteiger partial charge in [-0.05, 0) is 18.6 Å². The van der Waals surface area contributed by atoms with Crippen LogP contribution >= 0.6 is 0 Å². The topological polar surface area (TPSA) is 56.1 Å². The van der Waals surface area contributed by atoms with Crippen LogP contribution in [-0.2, 0) is 7.05 Å². The molecule has 0 aliphatic rings. The highest BCUT2D eigenvalue weighted by molar-refractivity contribution is 5.97. The van der Waals surface area contributed by atoms with Gasteiger partial charge in [0.25, 0.3) is 5.91 Å². The average Bonchev–Trinajstić information content (AvgIpc) is 2.91. The lowest BCUT2D eigenvalue weighted by Crippen LogP contribution is -2.28. The second kappa shape index (κ2) is 7.02. The van der Waals surface area contributed by atoms with Crippen molar-refractivity contribution in [2.75, 3.05) is 0 Å². The number of para-hydroxylation sites is 1. The summed E-state index contributed by atoms with van der Waals surface area (Å²) in [6, 6.07) is 5.67. The molecule has 0 saturated carbocycles. The van der Waals surface area contributed by atoms with Crippen molar-refractivity contribution in [3.63, 3.8) is 0 Å². The number of nitrogens with zero attached hydrogens (tertiary/aromatic N) is 2. The molecule has 1 aromatic heterocycles. The number of carbonyl (C=O) groups is 1. The van der Waals surface area contributed by atoms with Crippen LogP contribution in [0.5, 0.6) is 5.75 Å².